The van der Waals surface area contributed by atoms with Crippen LogP contribution in [-0.2, 0) is 9.47 Å². The van der Waals surface area contributed by atoms with Gasteiger partial charge in [-0.2, -0.15) is 0 Å². The Labute approximate surface area is 109 Å². The van der Waals surface area contributed by atoms with Crippen LogP contribution < -0.4 is 0 Å². The van der Waals surface area contributed by atoms with E-state index in [9.17, 15) is 4.79 Å². The van der Waals surface area contributed by atoms with E-state index in [1.165, 1.54) is 0 Å². The highest BCUT2D eigenvalue weighted by atomic mass is 16.6. The lowest BCUT2D eigenvalue weighted by Crippen LogP contribution is -2.48. The monoisotopic (exact) mass is 259 g/mol. The molecule has 5 heteroatoms. The summed E-state index contributed by atoms with van der Waals surface area (Å²) in [5.74, 6) is 0. The van der Waals surface area contributed by atoms with Gasteiger partial charge in [0, 0.05) is 6.54 Å². The highest BCUT2D eigenvalue weighted by molar-refractivity contribution is 5.68. The van der Waals surface area contributed by atoms with Gasteiger partial charge in [0.25, 0.3) is 0 Å². The summed E-state index contributed by atoms with van der Waals surface area (Å²) in [5, 5.41) is 8.69. The summed E-state index contributed by atoms with van der Waals surface area (Å²) in [4.78, 5) is 13.8. The van der Waals surface area contributed by atoms with Crippen molar-refractivity contribution in [1.29, 1.82) is 0 Å². The molecule has 0 bridgehead atoms. The number of carbonyl (C=O) groups excluding carboxylic acids is 1. The average molecular weight is 259 g/mol. The van der Waals surface area contributed by atoms with Crippen LogP contribution in [0.15, 0.2) is 0 Å². The number of aliphatic hydroxyl groups excluding tert-OH is 1. The minimum absolute atomic E-state index is 0.0131. The minimum atomic E-state index is -0.467. The molecule has 1 amide bonds. The van der Waals surface area contributed by atoms with E-state index in [1.54, 1.807) is 4.90 Å². The van der Waals surface area contributed by atoms with Crippen LogP contribution in [0.4, 0.5) is 4.79 Å². The zero-order valence-electron chi connectivity index (χ0n) is 11.6. The molecule has 1 unspecified atom stereocenters. The van der Waals surface area contributed by atoms with Crippen molar-refractivity contribution in [3.05, 3.63) is 0 Å². The molecule has 0 aliphatic carbocycles. The molecule has 0 aromatic heterocycles. The summed E-state index contributed by atoms with van der Waals surface area (Å²) in [6, 6.07) is 0.0696. The van der Waals surface area contributed by atoms with Crippen LogP contribution in [-0.4, -0.2) is 54.1 Å². The Kier molecular flexibility index (Phi) is 5.88. The Morgan fingerprint density at radius 2 is 2.11 bits per heavy atom. The van der Waals surface area contributed by atoms with Crippen LogP contribution in [0.3, 0.4) is 0 Å². The molecule has 1 N–H and O–H groups in total. The molecule has 0 radical (unpaired) electrons. The molecule has 0 spiro atoms. The first-order chi connectivity index (χ1) is 8.44. The van der Waals surface area contributed by atoms with Crippen LogP contribution in [0.25, 0.3) is 0 Å². The largest absolute Gasteiger partial charge is 0.444 e. The topological polar surface area (TPSA) is 59.0 Å². The Hall–Kier alpha value is -0.810. The minimum Gasteiger partial charge on any atom is -0.444 e. The number of ether oxygens (including phenoxy) is 2. The molecule has 0 aromatic carbocycles. The lowest BCUT2D eigenvalue weighted by Gasteiger charge is -2.36. The number of piperidine rings is 1. The van der Waals surface area contributed by atoms with Gasteiger partial charge in [-0.15, -0.1) is 0 Å². The predicted molar refractivity (Wildman–Crippen MR) is 68.5 cm³/mol. The summed E-state index contributed by atoms with van der Waals surface area (Å²) in [5.41, 5.74) is -0.467. The fourth-order valence-electron chi connectivity index (χ4n) is 2.02. The molecule has 5 nitrogen and oxygen atoms in total. The number of carbonyl (C=O) groups is 1. The fourth-order valence-corrected chi connectivity index (χ4v) is 2.02. The van der Waals surface area contributed by atoms with Crippen molar-refractivity contribution in [3.63, 3.8) is 0 Å². The van der Waals surface area contributed by atoms with Gasteiger partial charge >= 0.3 is 6.09 Å². The van der Waals surface area contributed by atoms with Gasteiger partial charge < -0.3 is 19.5 Å². The van der Waals surface area contributed by atoms with Crippen LogP contribution in [0.2, 0.25) is 0 Å². The summed E-state index contributed by atoms with van der Waals surface area (Å²) in [6.45, 7) is 7.13. The predicted octanol–water partition coefficient (Wildman–Crippen LogP) is 1.78. The third kappa shape index (κ3) is 5.23. The van der Waals surface area contributed by atoms with Gasteiger partial charge in [-0.25, -0.2) is 4.79 Å². The van der Waals surface area contributed by atoms with E-state index >= 15 is 0 Å². The van der Waals surface area contributed by atoms with E-state index < -0.39 is 5.60 Å². The van der Waals surface area contributed by atoms with Crippen LogP contribution in [0.1, 0.15) is 40.0 Å². The molecular formula is C13H25NO4. The standard InChI is InChI=1S/C13H25NO4/c1-13(2,3)18-12(16)14-7-5-4-6-11(14)10-17-9-8-15/h11,15H,4-10H2,1-3H3. The van der Waals surface area contributed by atoms with Crippen molar-refractivity contribution in [2.75, 3.05) is 26.4 Å². The quantitative estimate of drug-likeness (QED) is 0.782. The van der Waals surface area contributed by atoms with Crippen molar-refractivity contribution < 1.29 is 19.4 Å². The molecule has 1 saturated heterocycles. The van der Waals surface area contributed by atoms with E-state index in [-0.39, 0.29) is 18.7 Å². The second-order valence-corrected chi connectivity index (χ2v) is 5.62. The fraction of sp³-hybridized carbons (Fsp3) is 0.923. The van der Waals surface area contributed by atoms with Crippen LogP contribution >= 0.6 is 0 Å². The van der Waals surface area contributed by atoms with Crippen LogP contribution in [0, 0.1) is 0 Å². The summed E-state index contributed by atoms with van der Waals surface area (Å²) in [6.07, 6.45) is 2.78. The maximum absolute atomic E-state index is 12.1. The SMILES string of the molecule is CC(C)(C)OC(=O)N1CCCCC1COCCO. The zero-order valence-corrected chi connectivity index (χ0v) is 11.6. The molecule has 1 heterocycles. The number of likely N-dealkylation sites (tertiary alicyclic amines) is 1. The van der Waals surface area contributed by atoms with E-state index in [0.29, 0.717) is 13.2 Å². The summed E-state index contributed by atoms with van der Waals surface area (Å²) < 4.78 is 10.7. The molecule has 1 aliphatic heterocycles. The number of amides is 1. The van der Waals surface area contributed by atoms with Crippen molar-refractivity contribution in [2.45, 2.75) is 51.7 Å². The van der Waals surface area contributed by atoms with Gasteiger partial charge in [0.05, 0.1) is 25.9 Å². The van der Waals surface area contributed by atoms with Crippen molar-refractivity contribution >= 4 is 6.09 Å². The van der Waals surface area contributed by atoms with Gasteiger partial charge in [0.15, 0.2) is 0 Å². The maximum atomic E-state index is 12.1. The summed E-state index contributed by atoms with van der Waals surface area (Å²) in [7, 11) is 0. The Bertz CT molecular complexity index is 262. The van der Waals surface area contributed by atoms with Crippen molar-refractivity contribution in [3.8, 4) is 0 Å². The van der Waals surface area contributed by atoms with Gasteiger partial charge in [-0.3, -0.25) is 0 Å². The molecule has 1 aliphatic rings. The molecule has 106 valence electrons. The number of hydrogen-bond donors (Lipinski definition) is 1. The number of hydrogen-bond acceptors (Lipinski definition) is 4. The number of aliphatic hydroxyl groups is 1. The lowest BCUT2D eigenvalue weighted by molar-refractivity contribution is -0.0111. The Balaban J connectivity index is 2.50. The summed E-state index contributed by atoms with van der Waals surface area (Å²) >= 11 is 0. The number of rotatable bonds is 4. The van der Waals surface area contributed by atoms with Crippen molar-refractivity contribution in [1.82, 2.24) is 4.90 Å². The Morgan fingerprint density at radius 3 is 2.72 bits per heavy atom. The molecular weight excluding hydrogens is 234 g/mol. The number of nitrogens with zero attached hydrogens (tertiary/aromatic N) is 1. The molecule has 18 heavy (non-hydrogen) atoms. The molecule has 0 aromatic rings. The maximum Gasteiger partial charge on any atom is 0.410 e. The molecule has 1 rings (SSSR count). The van der Waals surface area contributed by atoms with Crippen LogP contribution in [0.5, 0.6) is 0 Å². The van der Waals surface area contributed by atoms with Gasteiger partial charge in [-0.1, -0.05) is 0 Å². The Morgan fingerprint density at radius 1 is 1.39 bits per heavy atom. The first-order valence-corrected chi connectivity index (χ1v) is 6.62. The molecule has 1 atom stereocenters. The smallest absolute Gasteiger partial charge is 0.410 e. The molecule has 0 saturated carbocycles. The van der Waals surface area contributed by atoms with Gasteiger partial charge in [0.1, 0.15) is 5.60 Å². The average Bonchev–Trinajstić information content (AvgIpc) is 2.27. The van der Waals surface area contributed by atoms with E-state index in [0.717, 1.165) is 25.8 Å². The van der Waals surface area contributed by atoms with E-state index in [2.05, 4.69) is 0 Å². The highest BCUT2D eigenvalue weighted by Gasteiger charge is 2.30. The first kappa shape index (κ1) is 15.2. The first-order valence-electron chi connectivity index (χ1n) is 6.62. The van der Waals surface area contributed by atoms with E-state index in [4.69, 9.17) is 14.6 Å². The normalized spacial score (nSPS) is 20.9. The second kappa shape index (κ2) is 6.95. The van der Waals surface area contributed by atoms with E-state index in [1.807, 2.05) is 20.8 Å². The van der Waals surface area contributed by atoms with Gasteiger partial charge in [0.2, 0.25) is 0 Å². The second-order valence-electron chi connectivity index (χ2n) is 5.62. The highest BCUT2D eigenvalue weighted by Crippen LogP contribution is 2.20. The third-order valence-electron chi connectivity index (χ3n) is 2.80. The molecule has 1 fully saturated rings. The van der Waals surface area contributed by atoms with Gasteiger partial charge in [-0.05, 0) is 40.0 Å². The lowest BCUT2D eigenvalue weighted by atomic mass is 10.0. The third-order valence-corrected chi connectivity index (χ3v) is 2.80. The zero-order chi connectivity index (χ0) is 13.6. The van der Waals surface area contributed by atoms with Crippen molar-refractivity contribution in [2.24, 2.45) is 0 Å².